The first kappa shape index (κ1) is 23.9. The van der Waals surface area contributed by atoms with Crippen molar-refractivity contribution in [2.24, 2.45) is 0 Å². The molecule has 0 saturated heterocycles. The van der Waals surface area contributed by atoms with E-state index in [2.05, 4.69) is 89.7 Å². The highest BCUT2D eigenvalue weighted by Gasteiger charge is 2.16. The minimum atomic E-state index is 0.660. The fraction of sp³-hybridized carbons (Fsp3) is 0.308. The van der Waals surface area contributed by atoms with Gasteiger partial charge in [0, 0.05) is 24.0 Å². The van der Waals surface area contributed by atoms with Gasteiger partial charge in [-0.2, -0.15) is 5.26 Å². The Hall–Kier alpha value is -3.28. The molecule has 34 heavy (non-hydrogen) atoms. The van der Waals surface area contributed by atoms with Gasteiger partial charge in [-0.25, -0.2) is 4.98 Å². The number of hydrogen-bond donors (Lipinski definition) is 1. The smallest absolute Gasteiger partial charge is 0.147 e. The van der Waals surface area contributed by atoms with E-state index >= 15 is 0 Å². The first-order valence-electron chi connectivity index (χ1n) is 11.4. The highest BCUT2D eigenvalue weighted by molar-refractivity contribution is 9.10. The van der Waals surface area contributed by atoms with Gasteiger partial charge in [0.25, 0.3) is 0 Å². The number of nitriles is 1. The van der Waals surface area contributed by atoms with Crippen LogP contribution in [-0.4, -0.2) is 36.2 Å². The number of aromatic nitrogens is 5. The molecule has 0 fully saturated rings. The second-order valence-corrected chi connectivity index (χ2v) is 9.29. The summed E-state index contributed by atoms with van der Waals surface area (Å²) < 4.78 is 3.16. The molecule has 1 N–H and O–H groups in total. The molecule has 4 rings (SSSR count). The van der Waals surface area contributed by atoms with Crippen LogP contribution in [0.1, 0.15) is 46.7 Å². The molecular formula is C26H28BrN7. The van der Waals surface area contributed by atoms with Gasteiger partial charge in [0.15, 0.2) is 0 Å². The topological polar surface area (TPSA) is 86.4 Å². The molecule has 2 heterocycles. The molecule has 174 valence electrons. The Balaban J connectivity index is 1.51. The summed E-state index contributed by atoms with van der Waals surface area (Å²) in [6, 6.07) is 18.3. The molecule has 4 aromatic rings. The summed E-state index contributed by atoms with van der Waals surface area (Å²) in [5.74, 6) is 1.93. The molecule has 0 spiro atoms. The molecule has 0 saturated carbocycles. The zero-order chi connectivity index (χ0) is 23.9. The number of nitrogens with one attached hydrogen (secondary N) is 1. The number of benzene rings is 2. The number of rotatable bonds is 10. The molecular weight excluding hydrogens is 490 g/mol. The molecule has 8 heteroatoms. The van der Waals surface area contributed by atoms with Crippen LogP contribution in [0.25, 0.3) is 0 Å². The van der Waals surface area contributed by atoms with Crippen LogP contribution in [0.4, 0.5) is 0 Å². The lowest BCUT2D eigenvalue weighted by Gasteiger charge is -2.22. The van der Waals surface area contributed by atoms with Crippen molar-refractivity contribution in [2.45, 2.75) is 46.3 Å². The summed E-state index contributed by atoms with van der Waals surface area (Å²) >= 11 is 3.51. The normalized spacial score (nSPS) is 11.1. The SMILES string of the molecule is CCc1nc(C)c(CN(CCc2ccc(Br)cc2)Cc2nncn2Cc2ccc(C#N)cc2)[nH]1. The number of nitrogens with zero attached hydrogens (tertiary/aromatic N) is 6. The Bertz CT molecular complexity index is 1250. The van der Waals surface area contributed by atoms with Gasteiger partial charge in [-0.1, -0.05) is 47.1 Å². The zero-order valence-electron chi connectivity index (χ0n) is 19.5. The van der Waals surface area contributed by atoms with Crippen molar-refractivity contribution in [3.8, 4) is 6.07 Å². The quantitative estimate of drug-likeness (QED) is 0.326. The van der Waals surface area contributed by atoms with Crippen molar-refractivity contribution in [3.05, 3.63) is 99.1 Å². The van der Waals surface area contributed by atoms with Gasteiger partial charge in [0.05, 0.1) is 36.1 Å². The molecule has 0 bridgehead atoms. The van der Waals surface area contributed by atoms with Crippen LogP contribution in [0, 0.1) is 18.3 Å². The molecule has 2 aromatic carbocycles. The van der Waals surface area contributed by atoms with Crippen LogP contribution < -0.4 is 0 Å². The van der Waals surface area contributed by atoms with E-state index < -0.39 is 0 Å². The summed E-state index contributed by atoms with van der Waals surface area (Å²) in [6.07, 6.45) is 3.60. The average molecular weight is 518 g/mol. The van der Waals surface area contributed by atoms with Gasteiger partial charge in [-0.15, -0.1) is 10.2 Å². The second-order valence-electron chi connectivity index (χ2n) is 8.37. The molecule has 0 amide bonds. The summed E-state index contributed by atoms with van der Waals surface area (Å²) in [7, 11) is 0. The van der Waals surface area contributed by atoms with Gasteiger partial charge in [-0.05, 0) is 48.7 Å². The minimum absolute atomic E-state index is 0.660. The van der Waals surface area contributed by atoms with Crippen molar-refractivity contribution < 1.29 is 0 Å². The Morgan fingerprint density at radius 1 is 1.06 bits per heavy atom. The van der Waals surface area contributed by atoms with E-state index in [1.807, 2.05) is 24.3 Å². The molecule has 0 aliphatic rings. The van der Waals surface area contributed by atoms with E-state index in [9.17, 15) is 0 Å². The van der Waals surface area contributed by atoms with E-state index in [4.69, 9.17) is 5.26 Å². The summed E-state index contributed by atoms with van der Waals surface area (Å²) in [5, 5.41) is 17.7. The van der Waals surface area contributed by atoms with Crippen LogP contribution >= 0.6 is 15.9 Å². The summed E-state index contributed by atoms with van der Waals surface area (Å²) in [4.78, 5) is 10.5. The standard InChI is InChI=1S/C26H28BrN7/c1-3-25-30-19(2)24(31-25)16-33(13-12-20-8-10-23(27)11-9-20)17-26-32-29-18-34(26)15-22-6-4-21(14-28)5-7-22/h4-11,18H,3,12-13,15-17H2,1-2H3,(H,30,31). The number of imidazole rings is 1. The predicted molar refractivity (Wildman–Crippen MR) is 135 cm³/mol. The molecule has 7 nitrogen and oxygen atoms in total. The van der Waals surface area contributed by atoms with Crippen molar-refractivity contribution in [1.29, 1.82) is 5.26 Å². The maximum Gasteiger partial charge on any atom is 0.147 e. The molecule has 0 radical (unpaired) electrons. The highest BCUT2D eigenvalue weighted by Crippen LogP contribution is 2.16. The zero-order valence-corrected chi connectivity index (χ0v) is 21.1. The lowest BCUT2D eigenvalue weighted by Crippen LogP contribution is -2.27. The Morgan fingerprint density at radius 3 is 2.47 bits per heavy atom. The summed E-state index contributed by atoms with van der Waals surface area (Å²) in [5.41, 5.74) is 5.25. The third-order valence-corrected chi connectivity index (χ3v) is 6.41. The number of aryl methyl sites for hydroxylation is 2. The third kappa shape index (κ3) is 6.19. The molecule has 0 unspecified atom stereocenters. The van der Waals surface area contributed by atoms with Crippen LogP contribution in [0.2, 0.25) is 0 Å². The van der Waals surface area contributed by atoms with Gasteiger partial charge in [-0.3, -0.25) is 4.90 Å². The molecule has 0 atom stereocenters. The number of hydrogen-bond acceptors (Lipinski definition) is 5. The minimum Gasteiger partial charge on any atom is -0.345 e. The largest absolute Gasteiger partial charge is 0.345 e. The van der Waals surface area contributed by atoms with E-state index in [0.29, 0.717) is 18.7 Å². The molecule has 0 aliphatic carbocycles. The maximum atomic E-state index is 9.04. The van der Waals surface area contributed by atoms with Crippen molar-refractivity contribution in [1.82, 2.24) is 29.6 Å². The van der Waals surface area contributed by atoms with Crippen molar-refractivity contribution in [2.75, 3.05) is 6.54 Å². The fourth-order valence-electron chi connectivity index (χ4n) is 3.87. The lowest BCUT2D eigenvalue weighted by molar-refractivity contribution is 0.246. The number of halogens is 1. The van der Waals surface area contributed by atoms with Crippen molar-refractivity contribution in [3.63, 3.8) is 0 Å². The van der Waals surface area contributed by atoms with Crippen LogP contribution in [0.3, 0.4) is 0 Å². The predicted octanol–water partition coefficient (Wildman–Crippen LogP) is 4.80. The molecule has 0 aliphatic heterocycles. The Kier molecular flexibility index (Phi) is 7.88. The number of aromatic amines is 1. The van der Waals surface area contributed by atoms with E-state index in [1.165, 1.54) is 5.56 Å². The maximum absolute atomic E-state index is 9.04. The fourth-order valence-corrected chi connectivity index (χ4v) is 4.14. The van der Waals surface area contributed by atoms with Crippen LogP contribution in [-0.2, 0) is 32.5 Å². The first-order chi connectivity index (χ1) is 16.5. The number of H-pyrrole nitrogens is 1. The molecule has 2 aromatic heterocycles. The van der Waals surface area contributed by atoms with Crippen LogP contribution in [0.5, 0.6) is 0 Å². The van der Waals surface area contributed by atoms with Gasteiger partial charge >= 0.3 is 0 Å². The monoisotopic (exact) mass is 517 g/mol. The van der Waals surface area contributed by atoms with E-state index in [-0.39, 0.29) is 0 Å². The van der Waals surface area contributed by atoms with E-state index in [0.717, 1.165) is 59.0 Å². The van der Waals surface area contributed by atoms with Gasteiger partial charge < -0.3 is 9.55 Å². The van der Waals surface area contributed by atoms with Gasteiger partial charge in [0.2, 0.25) is 0 Å². The Labute approximate surface area is 208 Å². The third-order valence-electron chi connectivity index (χ3n) is 5.88. The van der Waals surface area contributed by atoms with E-state index in [1.54, 1.807) is 6.33 Å². The van der Waals surface area contributed by atoms with Crippen LogP contribution in [0.15, 0.2) is 59.3 Å². The second kappa shape index (κ2) is 11.2. The lowest BCUT2D eigenvalue weighted by atomic mass is 10.1. The van der Waals surface area contributed by atoms with Crippen molar-refractivity contribution >= 4 is 15.9 Å². The van der Waals surface area contributed by atoms with Gasteiger partial charge in [0.1, 0.15) is 18.0 Å². The highest BCUT2D eigenvalue weighted by atomic mass is 79.9. The first-order valence-corrected chi connectivity index (χ1v) is 12.2. The summed E-state index contributed by atoms with van der Waals surface area (Å²) in [6.45, 7) is 7.15. The Morgan fingerprint density at radius 2 is 1.79 bits per heavy atom. The average Bonchev–Trinajstić information content (AvgIpc) is 3.44.